The van der Waals surface area contributed by atoms with Gasteiger partial charge in [0.1, 0.15) is 0 Å². The van der Waals surface area contributed by atoms with Crippen LogP contribution in [-0.4, -0.2) is 11.7 Å². The maximum atomic E-state index is 11.3. The molecule has 70 valence electrons. The number of carbonyl (C=O) groups is 1. The number of hydrogen-bond donors (Lipinski definition) is 0. The minimum absolute atomic E-state index is 0.0322. The van der Waals surface area contributed by atoms with Gasteiger partial charge in [-0.25, -0.2) is 0 Å². The van der Waals surface area contributed by atoms with Gasteiger partial charge in [-0.05, 0) is 63.1 Å². The lowest BCUT2D eigenvalue weighted by Gasteiger charge is -2.04. The van der Waals surface area contributed by atoms with E-state index in [4.69, 9.17) is 11.6 Å². The Morgan fingerprint density at radius 3 is 2.69 bits per heavy atom. The van der Waals surface area contributed by atoms with Crippen molar-refractivity contribution in [1.82, 2.24) is 0 Å². The van der Waals surface area contributed by atoms with Crippen LogP contribution in [0.15, 0.2) is 16.6 Å². The molecule has 0 aromatic heterocycles. The molecule has 0 aliphatic carbocycles. The van der Waals surface area contributed by atoms with E-state index in [1.807, 2.05) is 19.1 Å². The number of benzene rings is 1. The van der Waals surface area contributed by atoms with Crippen molar-refractivity contribution in [3.8, 4) is 0 Å². The number of aryl methyl sites for hydroxylation is 1. The minimum atomic E-state index is -0.0322. The maximum Gasteiger partial charge on any atom is 0.177 e. The minimum Gasteiger partial charge on any atom is -0.293 e. The fourth-order valence-electron chi connectivity index (χ4n) is 0.965. The molecule has 0 atom stereocenters. The van der Waals surface area contributed by atoms with Crippen molar-refractivity contribution in [3.63, 3.8) is 0 Å². The van der Waals surface area contributed by atoms with E-state index in [0.717, 1.165) is 13.6 Å². The first-order valence-corrected chi connectivity index (χ1v) is 6.01. The fraction of sp³-hybridized carbons (Fsp3) is 0.222. The largest absolute Gasteiger partial charge is 0.293 e. The number of hydrogen-bond acceptors (Lipinski definition) is 1. The maximum absolute atomic E-state index is 11.3. The van der Waals surface area contributed by atoms with E-state index < -0.39 is 0 Å². The van der Waals surface area contributed by atoms with E-state index in [-0.39, 0.29) is 11.7 Å². The molecule has 1 nitrogen and oxygen atoms in total. The lowest BCUT2D eigenvalue weighted by Crippen LogP contribution is -2.01. The molecule has 0 bridgehead atoms. The summed E-state index contributed by atoms with van der Waals surface area (Å²) in [5.74, 6) is 0.00660. The second-order valence-electron chi connectivity index (χ2n) is 2.65. The molecule has 1 aromatic carbocycles. The Balaban J connectivity index is 3.20. The van der Waals surface area contributed by atoms with Crippen molar-refractivity contribution < 1.29 is 4.79 Å². The third kappa shape index (κ3) is 2.67. The van der Waals surface area contributed by atoms with Gasteiger partial charge in [-0.2, -0.15) is 0 Å². The summed E-state index contributed by atoms with van der Waals surface area (Å²) in [6.07, 6.45) is 0. The van der Waals surface area contributed by atoms with E-state index in [1.165, 1.54) is 0 Å². The van der Waals surface area contributed by atoms with Crippen molar-refractivity contribution in [2.24, 2.45) is 0 Å². The molecule has 0 aliphatic rings. The van der Waals surface area contributed by atoms with Gasteiger partial charge in [-0.1, -0.05) is 0 Å². The first-order chi connectivity index (χ1) is 6.06. The standard InChI is InChI=1S/C9H7BrClIO/c1-5-2-6(8(13)4-11)3-7(12)9(5)10/h2-3H,4H2,1H3. The number of ketones is 1. The predicted octanol–water partition coefficient (Wildman–Crippen LogP) is 3.78. The Bertz CT molecular complexity index is 328. The Hall–Kier alpha value is 0.390. The quantitative estimate of drug-likeness (QED) is 0.438. The highest BCUT2D eigenvalue weighted by Gasteiger charge is 2.08. The van der Waals surface area contributed by atoms with E-state index in [9.17, 15) is 4.79 Å². The lowest BCUT2D eigenvalue weighted by molar-refractivity contribution is 0.102. The summed E-state index contributed by atoms with van der Waals surface area (Å²) >= 11 is 11.1. The molecule has 0 aliphatic heterocycles. The van der Waals surface area contributed by atoms with Crippen molar-refractivity contribution in [1.29, 1.82) is 0 Å². The van der Waals surface area contributed by atoms with Crippen molar-refractivity contribution >= 4 is 55.9 Å². The van der Waals surface area contributed by atoms with Crippen LogP contribution in [-0.2, 0) is 0 Å². The number of Topliss-reactive ketones (excluding diaryl/α,β-unsaturated/α-hetero) is 1. The molecule has 0 fully saturated rings. The lowest BCUT2D eigenvalue weighted by atomic mass is 10.1. The second-order valence-corrected chi connectivity index (χ2v) is 4.87. The van der Waals surface area contributed by atoms with Crippen LogP contribution in [0.25, 0.3) is 0 Å². The van der Waals surface area contributed by atoms with Crippen LogP contribution in [0.1, 0.15) is 15.9 Å². The van der Waals surface area contributed by atoms with Crippen LogP contribution in [0.3, 0.4) is 0 Å². The molecule has 0 amide bonds. The molecule has 0 N–H and O–H groups in total. The third-order valence-electron chi connectivity index (χ3n) is 1.65. The Morgan fingerprint density at radius 2 is 2.23 bits per heavy atom. The molecule has 13 heavy (non-hydrogen) atoms. The molecular weight excluding hydrogens is 366 g/mol. The van der Waals surface area contributed by atoms with Gasteiger partial charge in [-0.15, -0.1) is 11.6 Å². The summed E-state index contributed by atoms with van der Waals surface area (Å²) in [7, 11) is 0. The molecule has 0 heterocycles. The van der Waals surface area contributed by atoms with Gasteiger partial charge >= 0.3 is 0 Å². The highest BCUT2D eigenvalue weighted by molar-refractivity contribution is 14.1. The first kappa shape index (κ1) is 11.5. The van der Waals surface area contributed by atoms with Gasteiger partial charge in [-0.3, -0.25) is 4.79 Å². The monoisotopic (exact) mass is 372 g/mol. The molecule has 1 rings (SSSR count). The van der Waals surface area contributed by atoms with Crippen LogP contribution in [0, 0.1) is 10.5 Å². The van der Waals surface area contributed by atoms with Gasteiger partial charge in [0.25, 0.3) is 0 Å². The highest BCUT2D eigenvalue weighted by Crippen LogP contribution is 2.24. The smallest absolute Gasteiger partial charge is 0.177 e. The molecule has 0 spiro atoms. The van der Waals surface area contributed by atoms with Gasteiger partial charge in [0.15, 0.2) is 5.78 Å². The van der Waals surface area contributed by atoms with E-state index in [0.29, 0.717) is 5.56 Å². The number of halogens is 3. The van der Waals surface area contributed by atoms with E-state index in [1.54, 1.807) is 0 Å². The zero-order valence-corrected chi connectivity index (χ0v) is 11.4. The molecule has 0 unspecified atom stereocenters. The molecule has 0 saturated carbocycles. The van der Waals surface area contributed by atoms with Crippen LogP contribution in [0.4, 0.5) is 0 Å². The zero-order chi connectivity index (χ0) is 10.0. The first-order valence-electron chi connectivity index (χ1n) is 3.61. The predicted molar refractivity (Wildman–Crippen MR) is 66.6 cm³/mol. The summed E-state index contributed by atoms with van der Waals surface area (Å²) < 4.78 is 2.07. The van der Waals surface area contributed by atoms with E-state index >= 15 is 0 Å². The Morgan fingerprint density at radius 1 is 1.62 bits per heavy atom. The summed E-state index contributed by atoms with van der Waals surface area (Å²) in [5, 5.41) is 0. The van der Waals surface area contributed by atoms with Gasteiger partial charge < -0.3 is 0 Å². The summed E-state index contributed by atoms with van der Waals surface area (Å²) in [6.45, 7) is 1.96. The zero-order valence-electron chi connectivity index (χ0n) is 6.90. The van der Waals surface area contributed by atoms with Crippen LogP contribution in [0.2, 0.25) is 0 Å². The average Bonchev–Trinajstić information content (AvgIpc) is 2.12. The van der Waals surface area contributed by atoms with Crippen molar-refractivity contribution in [2.75, 3.05) is 5.88 Å². The van der Waals surface area contributed by atoms with Crippen LogP contribution in [0.5, 0.6) is 0 Å². The third-order valence-corrected chi connectivity index (χ3v) is 4.54. The average molecular weight is 373 g/mol. The molecule has 0 saturated heterocycles. The summed E-state index contributed by atoms with van der Waals surface area (Å²) in [5.41, 5.74) is 1.74. The second kappa shape index (κ2) is 4.75. The summed E-state index contributed by atoms with van der Waals surface area (Å²) in [6, 6.07) is 3.68. The Kier molecular flexibility index (Phi) is 4.19. The van der Waals surface area contributed by atoms with Crippen LogP contribution < -0.4 is 0 Å². The SMILES string of the molecule is Cc1cc(C(=O)CCl)cc(I)c1Br. The van der Waals surface area contributed by atoms with Gasteiger partial charge in [0, 0.05) is 13.6 Å². The molecule has 1 aromatic rings. The molecule has 0 radical (unpaired) electrons. The van der Waals surface area contributed by atoms with Crippen LogP contribution >= 0.6 is 50.1 Å². The van der Waals surface area contributed by atoms with E-state index in [2.05, 4.69) is 38.5 Å². The number of rotatable bonds is 2. The van der Waals surface area contributed by atoms with Gasteiger partial charge in [0.2, 0.25) is 0 Å². The highest BCUT2D eigenvalue weighted by atomic mass is 127. The van der Waals surface area contributed by atoms with Crippen molar-refractivity contribution in [2.45, 2.75) is 6.92 Å². The topological polar surface area (TPSA) is 17.1 Å². The summed E-state index contributed by atoms with van der Waals surface area (Å²) in [4.78, 5) is 11.3. The molecular formula is C9H7BrClIO. The molecule has 4 heteroatoms. The Labute approximate surface area is 104 Å². The number of carbonyl (C=O) groups excluding carboxylic acids is 1. The fourth-order valence-corrected chi connectivity index (χ4v) is 2.11. The van der Waals surface area contributed by atoms with Gasteiger partial charge in [0.05, 0.1) is 5.88 Å². The normalized spacial score (nSPS) is 10.2. The van der Waals surface area contributed by atoms with Crippen molar-refractivity contribution in [3.05, 3.63) is 31.3 Å². The number of alkyl halides is 1.